The van der Waals surface area contributed by atoms with Crippen molar-refractivity contribution in [2.45, 2.75) is 6.92 Å². The lowest BCUT2D eigenvalue weighted by Crippen LogP contribution is -2.00. The zero-order valence-corrected chi connectivity index (χ0v) is 9.49. The van der Waals surface area contributed by atoms with Crippen molar-refractivity contribution >= 4 is 22.1 Å². The van der Waals surface area contributed by atoms with Gasteiger partial charge in [0.2, 0.25) is 0 Å². The number of benzene rings is 2. The molecule has 6 nitrogen and oxygen atoms in total. The third-order valence-electron chi connectivity index (χ3n) is 2.71. The summed E-state index contributed by atoms with van der Waals surface area (Å²) in [5.41, 5.74) is -0.655. The summed E-state index contributed by atoms with van der Waals surface area (Å²) in [7, 11) is 0. The van der Waals surface area contributed by atoms with E-state index in [1.165, 1.54) is 12.5 Å². The summed E-state index contributed by atoms with van der Waals surface area (Å²) in [6, 6.07) is 8.11. The number of nitro groups is 2. The molecule has 0 saturated carbocycles. The van der Waals surface area contributed by atoms with Crippen molar-refractivity contribution in [3.63, 3.8) is 0 Å². The lowest BCUT2D eigenvalue weighted by molar-refractivity contribution is -0.422. The molecule has 0 atom stereocenters. The second-order valence-corrected chi connectivity index (χ2v) is 3.68. The van der Waals surface area contributed by atoms with Crippen molar-refractivity contribution < 1.29 is 9.85 Å². The lowest BCUT2D eigenvalue weighted by Gasteiger charge is -2.05. The monoisotopic (exact) mass is 245 g/mol. The van der Waals surface area contributed by atoms with E-state index in [1.54, 1.807) is 31.2 Å². The summed E-state index contributed by atoms with van der Waals surface area (Å²) in [6.07, 6.45) is 1.52. The molecule has 0 amide bonds. The highest BCUT2D eigenvalue weighted by Gasteiger charge is 2.29. The summed E-state index contributed by atoms with van der Waals surface area (Å²) in [5, 5.41) is 23.2. The fourth-order valence-electron chi connectivity index (χ4n) is 1.97. The second-order valence-electron chi connectivity index (χ2n) is 3.68. The van der Waals surface area contributed by atoms with Crippen LogP contribution in [0.15, 0.2) is 30.3 Å². The zero-order chi connectivity index (χ0) is 13.3. The van der Waals surface area contributed by atoms with E-state index in [1.807, 2.05) is 0 Å². The summed E-state index contributed by atoms with van der Waals surface area (Å²) >= 11 is 0. The predicted octanol–water partition coefficient (Wildman–Crippen LogP) is 3.23. The van der Waals surface area contributed by atoms with E-state index in [0.29, 0.717) is 10.8 Å². The number of nitro benzene ring substituents is 2. The van der Waals surface area contributed by atoms with Gasteiger partial charge in [-0.25, -0.2) is 0 Å². The third-order valence-corrected chi connectivity index (χ3v) is 2.71. The molecular formula is C12H9N2O4. The first-order valence-corrected chi connectivity index (χ1v) is 5.20. The van der Waals surface area contributed by atoms with E-state index in [2.05, 4.69) is 0 Å². The van der Waals surface area contributed by atoms with Crippen molar-refractivity contribution in [3.05, 3.63) is 62.5 Å². The standard InChI is InChI=1S/C12H9N2O4/c1-2-9-10-6-4-3-5-8(10)7-11(13(15)16)12(9)14(17)18/h2-7H,1H3. The topological polar surface area (TPSA) is 86.3 Å². The fraction of sp³-hybridized carbons (Fsp3) is 0.0833. The highest BCUT2D eigenvalue weighted by Crippen LogP contribution is 2.37. The Labute approximate surface area is 102 Å². The maximum atomic E-state index is 11.0. The van der Waals surface area contributed by atoms with Gasteiger partial charge in [0.05, 0.1) is 9.85 Å². The van der Waals surface area contributed by atoms with Crippen LogP contribution in [0, 0.1) is 26.6 Å². The van der Waals surface area contributed by atoms with Gasteiger partial charge in [-0.05, 0) is 17.2 Å². The number of hydrogen-bond donors (Lipinski definition) is 0. The average molecular weight is 245 g/mol. The summed E-state index contributed by atoms with van der Waals surface area (Å²) in [4.78, 5) is 20.5. The van der Waals surface area contributed by atoms with Crippen LogP contribution < -0.4 is 0 Å². The van der Waals surface area contributed by atoms with Crippen LogP contribution in [0.3, 0.4) is 0 Å². The van der Waals surface area contributed by atoms with Crippen LogP contribution >= 0.6 is 0 Å². The smallest absolute Gasteiger partial charge is 0.258 e. The van der Waals surface area contributed by atoms with E-state index in [4.69, 9.17) is 0 Å². The number of rotatable bonds is 3. The van der Waals surface area contributed by atoms with Crippen molar-refractivity contribution in [2.75, 3.05) is 0 Å². The Bertz CT molecular complexity index is 652. The molecule has 0 aromatic heterocycles. The SMILES string of the molecule is C[CH]c1c([N+](=O)[O-])c([N+](=O)[O-])cc2ccccc12. The van der Waals surface area contributed by atoms with E-state index in [9.17, 15) is 20.2 Å². The first kappa shape index (κ1) is 12.0. The van der Waals surface area contributed by atoms with Gasteiger partial charge in [0.25, 0.3) is 0 Å². The molecule has 0 fully saturated rings. The molecule has 0 aliphatic heterocycles. The van der Waals surface area contributed by atoms with Crippen LogP contribution in [0.2, 0.25) is 0 Å². The molecule has 0 N–H and O–H groups in total. The van der Waals surface area contributed by atoms with Gasteiger partial charge in [-0.2, -0.15) is 0 Å². The molecule has 2 rings (SSSR count). The Morgan fingerprint density at radius 2 is 1.78 bits per heavy atom. The van der Waals surface area contributed by atoms with Crippen LogP contribution in [0.1, 0.15) is 12.5 Å². The maximum Gasteiger partial charge on any atom is 0.350 e. The Balaban J connectivity index is 2.96. The number of nitrogens with zero attached hydrogens (tertiary/aromatic N) is 2. The second kappa shape index (κ2) is 4.40. The molecule has 0 unspecified atom stereocenters. The molecule has 1 radical (unpaired) electrons. The molecule has 0 aliphatic rings. The summed E-state index contributed by atoms with van der Waals surface area (Å²) in [5.74, 6) is 0. The molecule has 0 spiro atoms. The molecule has 0 saturated heterocycles. The van der Waals surface area contributed by atoms with Gasteiger partial charge in [0.1, 0.15) is 0 Å². The molecule has 0 heterocycles. The van der Waals surface area contributed by atoms with Gasteiger partial charge < -0.3 is 0 Å². The minimum absolute atomic E-state index is 0.282. The van der Waals surface area contributed by atoms with Gasteiger partial charge in [-0.3, -0.25) is 20.2 Å². The Morgan fingerprint density at radius 3 is 2.33 bits per heavy atom. The van der Waals surface area contributed by atoms with E-state index < -0.39 is 21.2 Å². The van der Waals surface area contributed by atoms with Crippen LogP contribution in [-0.4, -0.2) is 9.85 Å². The van der Waals surface area contributed by atoms with Crippen LogP contribution in [0.25, 0.3) is 10.8 Å². The number of fused-ring (bicyclic) bond motifs is 1. The fourth-order valence-corrected chi connectivity index (χ4v) is 1.97. The van der Waals surface area contributed by atoms with Gasteiger partial charge in [-0.1, -0.05) is 31.2 Å². The van der Waals surface area contributed by atoms with Crippen LogP contribution in [0.5, 0.6) is 0 Å². The normalized spacial score (nSPS) is 10.5. The largest absolute Gasteiger partial charge is 0.350 e. The molecule has 2 aromatic carbocycles. The van der Waals surface area contributed by atoms with E-state index in [0.717, 1.165) is 0 Å². The van der Waals surface area contributed by atoms with Crippen molar-refractivity contribution in [3.8, 4) is 0 Å². The van der Waals surface area contributed by atoms with E-state index in [-0.39, 0.29) is 5.56 Å². The van der Waals surface area contributed by atoms with E-state index >= 15 is 0 Å². The van der Waals surface area contributed by atoms with Gasteiger partial charge in [0, 0.05) is 11.6 Å². The Morgan fingerprint density at radius 1 is 1.11 bits per heavy atom. The average Bonchev–Trinajstić information content (AvgIpc) is 2.35. The van der Waals surface area contributed by atoms with Crippen molar-refractivity contribution in [1.82, 2.24) is 0 Å². The van der Waals surface area contributed by atoms with Crippen molar-refractivity contribution in [2.24, 2.45) is 0 Å². The molecule has 18 heavy (non-hydrogen) atoms. The highest BCUT2D eigenvalue weighted by atomic mass is 16.6. The highest BCUT2D eigenvalue weighted by molar-refractivity contribution is 5.93. The zero-order valence-electron chi connectivity index (χ0n) is 9.49. The third kappa shape index (κ3) is 1.77. The van der Waals surface area contributed by atoms with Gasteiger partial charge in [0.15, 0.2) is 0 Å². The summed E-state index contributed by atoms with van der Waals surface area (Å²) in [6.45, 7) is 1.62. The molecule has 6 heteroatoms. The molecule has 91 valence electrons. The molecule has 0 bridgehead atoms. The lowest BCUT2D eigenvalue weighted by atomic mass is 9.99. The summed E-state index contributed by atoms with van der Waals surface area (Å²) < 4.78 is 0. The Hall–Kier alpha value is -2.50. The quantitative estimate of drug-likeness (QED) is 0.613. The Kier molecular flexibility index (Phi) is 2.93. The maximum absolute atomic E-state index is 11.0. The first-order chi connectivity index (χ1) is 8.56. The van der Waals surface area contributed by atoms with Gasteiger partial charge >= 0.3 is 11.4 Å². The molecule has 0 aliphatic carbocycles. The van der Waals surface area contributed by atoms with Crippen molar-refractivity contribution in [1.29, 1.82) is 0 Å². The molecular weight excluding hydrogens is 236 g/mol. The van der Waals surface area contributed by atoms with Crippen LogP contribution in [-0.2, 0) is 0 Å². The molecule has 2 aromatic rings. The number of hydrogen-bond acceptors (Lipinski definition) is 4. The first-order valence-electron chi connectivity index (χ1n) is 5.20. The minimum Gasteiger partial charge on any atom is -0.258 e. The minimum atomic E-state index is -0.725. The van der Waals surface area contributed by atoms with Gasteiger partial charge in [-0.15, -0.1) is 0 Å². The predicted molar refractivity (Wildman–Crippen MR) is 66.3 cm³/mol. The van der Waals surface area contributed by atoms with Crippen LogP contribution in [0.4, 0.5) is 11.4 Å².